The number of nitrogens with zero attached hydrogens (tertiary/aromatic N) is 2. The molecule has 1 N–H and O–H groups in total. The van der Waals surface area contributed by atoms with Gasteiger partial charge in [-0.25, -0.2) is 0 Å². The van der Waals surface area contributed by atoms with Gasteiger partial charge in [-0.05, 0) is 63.0 Å². The second kappa shape index (κ2) is 6.59. The predicted octanol–water partition coefficient (Wildman–Crippen LogP) is 2.84. The Morgan fingerprint density at radius 1 is 1.05 bits per heavy atom. The Bertz CT molecular complexity index is 429. The van der Waals surface area contributed by atoms with Gasteiger partial charge in [-0.15, -0.1) is 0 Å². The molecule has 1 aromatic rings. The first kappa shape index (κ1) is 13.9. The van der Waals surface area contributed by atoms with Crippen molar-refractivity contribution in [3.05, 3.63) is 29.8 Å². The number of phenolic OH excluding ortho intramolecular Hbond substituents is 1. The monoisotopic (exact) mass is 274 g/mol. The third kappa shape index (κ3) is 3.53. The standard InChI is InChI=1S/C17H26N2O/c20-17-8-5-6-15(12-17)13-19-11-2-1-7-16(19)14-18-9-3-4-10-18/h5-6,8,12,16,20H,1-4,7,9-11,13-14H2/t16-/m0/s1. The molecular formula is C17H26N2O. The molecule has 20 heavy (non-hydrogen) atoms. The minimum absolute atomic E-state index is 0.385. The highest BCUT2D eigenvalue weighted by molar-refractivity contribution is 5.27. The maximum absolute atomic E-state index is 9.61. The molecular weight excluding hydrogens is 248 g/mol. The molecule has 0 unspecified atom stereocenters. The van der Waals surface area contributed by atoms with Crippen LogP contribution in [0.3, 0.4) is 0 Å². The maximum atomic E-state index is 9.61. The third-order valence-corrected chi connectivity index (χ3v) is 4.71. The Kier molecular flexibility index (Phi) is 4.58. The van der Waals surface area contributed by atoms with Crippen LogP contribution in [-0.2, 0) is 6.54 Å². The predicted molar refractivity (Wildman–Crippen MR) is 81.8 cm³/mol. The van der Waals surface area contributed by atoms with Gasteiger partial charge in [-0.2, -0.15) is 0 Å². The summed E-state index contributed by atoms with van der Waals surface area (Å²) in [6.07, 6.45) is 6.76. The average Bonchev–Trinajstić information content (AvgIpc) is 2.94. The summed E-state index contributed by atoms with van der Waals surface area (Å²) in [6, 6.07) is 8.43. The lowest BCUT2D eigenvalue weighted by atomic mass is 10.0. The number of phenols is 1. The fraction of sp³-hybridized carbons (Fsp3) is 0.647. The number of piperidine rings is 1. The molecule has 0 spiro atoms. The van der Waals surface area contributed by atoms with Crippen LogP contribution >= 0.6 is 0 Å². The first-order chi connectivity index (χ1) is 9.81. The van der Waals surface area contributed by atoms with Gasteiger partial charge in [-0.3, -0.25) is 4.90 Å². The van der Waals surface area contributed by atoms with Gasteiger partial charge in [0.1, 0.15) is 5.75 Å². The molecule has 0 amide bonds. The Morgan fingerprint density at radius 3 is 2.65 bits per heavy atom. The van der Waals surface area contributed by atoms with Gasteiger partial charge in [0.15, 0.2) is 0 Å². The van der Waals surface area contributed by atoms with E-state index < -0.39 is 0 Å². The summed E-state index contributed by atoms with van der Waals surface area (Å²) < 4.78 is 0. The zero-order valence-electron chi connectivity index (χ0n) is 12.3. The van der Waals surface area contributed by atoms with Crippen molar-refractivity contribution in [1.82, 2.24) is 9.80 Å². The van der Waals surface area contributed by atoms with E-state index in [4.69, 9.17) is 0 Å². The van der Waals surface area contributed by atoms with E-state index in [1.165, 1.54) is 63.8 Å². The van der Waals surface area contributed by atoms with Gasteiger partial charge < -0.3 is 10.0 Å². The lowest BCUT2D eigenvalue weighted by Gasteiger charge is -2.38. The molecule has 0 saturated carbocycles. The van der Waals surface area contributed by atoms with E-state index in [1.54, 1.807) is 6.07 Å². The smallest absolute Gasteiger partial charge is 0.115 e. The molecule has 0 aromatic heterocycles. The number of hydrogen-bond acceptors (Lipinski definition) is 3. The summed E-state index contributed by atoms with van der Waals surface area (Å²) in [5.41, 5.74) is 1.23. The van der Waals surface area contributed by atoms with Crippen LogP contribution in [0.4, 0.5) is 0 Å². The van der Waals surface area contributed by atoms with Crippen molar-refractivity contribution >= 4 is 0 Å². The molecule has 1 atom stereocenters. The van der Waals surface area contributed by atoms with E-state index >= 15 is 0 Å². The molecule has 2 saturated heterocycles. The van der Waals surface area contributed by atoms with Crippen molar-refractivity contribution in [1.29, 1.82) is 0 Å². The van der Waals surface area contributed by atoms with Crippen LogP contribution < -0.4 is 0 Å². The molecule has 0 radical (unpaired) electrons. The molecule has 1 aromatic carbocycles. The van der Waals surface area contributed by atoms with Gasteiger partial charge in [-0.1, -0.05) is 18.6 Å². The van der Waals surface area contributed by atoms with Gasteiger partial charge in [0, 0.05) is 19.1 Å². The van der Waals surface area contributed by atoms with Crippen LogP contribution in [0.25, 0.3) is 0 Å². The highest BCUT2D eigenvalue weighted by Crippen LogP contribution is 2.23. The van der Waals surface area contributed by atoms with Gasteiger partial charge in [0.05, 0.1) is 0 Å². The van der Waals surface area contributed by atoms with Crippen molar-refractivity contribution in [3.8, 4) is 5.75 Å². The Hall–Kier alpha value is -1.06. The zero-order chi connectivity index (χ0) is 13.8. The molecule has 0 aliphatic carbocycles. The lowest BCUT2D eigenvalue weighted by molar-refractivity contribution is 0.106. The summed E-state index contributed by atoms with van der Waals surface area (Å²) in [6.45, 7) is 5.99. The average molecular weight is 274 g/mol. The molecule has 0 bridgehead atoms. The second-order valence-corrected chi connectivity index (χ2v) is 6.30. The number of hydrogen-bond donors (Lipinski definition) is 1. The topological polar surface area (TPSA) is 26.7 Å². The van der Waals surface area contributed by atoms with Crippen molar-refractivity contribution in [2.24, 2.45) is 0 Å². The Morgan fingerprint density at radius 2 is 1.85 bits per heavy atom. The first-order valence-corrected chi connectivity index (χ1v) is 8.05. The SMILES string of the molecule is Oc1cccc(CN2CCCC[C@H]2CN2CCCC2)c1. The van der Waals surface area contributed by atoms with Crippen LogP contribution in [0.15, 0.2) is 24.3 Å². The van der Waals surface area contributed by atoms with Gasteiger partial charge in [0.2, 0.25) is 0 Å². The van der Waals surface area contributed by atoms with E-state index in [0.717, 1.165) is 6.54 Å². The van der Waals surface area contributed by atoms with Crippen molar-refractivity contribution in [2.45, 2.75) is 44.7 Å². The molecule has 2 aliphatic heterocycles. The molecule has 3 heteroatoms. The molecule has 2 fully saturated rings. The van der Waals surface area contributed by atoms with Gasteiger partial charge >= 0.3 is 0 Å². The van der Waals surface area contributed by atoms with E-state index in [9.17, 15) is 5.11 Å². The van der Waals surface area contributed by atoms with Crippen LogP contribution in [0.1, 0.15) is 37.7 Å². The normalized spacial score (nSPS) is 25.1. The summed E-state index contributed by atoms with van der Waals surface area (Å²) in [4.78, 5) is 5.25. The third-order valence-electron chi connectivity index (χ3n) is 4.71. The quantitative estimate of drug-likeness (QED) is 0.914. The maximum Gasteiger partial charge on any atom is 0.115 e. The number of aromatic hydroxyl groups is 1. The summed E-state index contributed by atoms with van der Waals surface area (Å²) in [5, 5.41) is 9.61. The fourth-order valence-corrected chi connectivity index (χ4v) is 3.63. The summed E-state index contributed by atoms with van der Waals surface area (Å²) in [5.74, 6) is 0.385. The molecule has 110 valence electrons. The number of benzene rings is 1. The van der Waals surface area contributed by atoms with Crippen molar-refractivity contribution in [3.63, 3.8) is 0 Å². The van der Waals surface area contributed by atoms with Crippen LogP contribution in [0.2, 0.25) is 0 Å². The largest absolute Gasteiger partial charge is 0.508 e. The van der Waals surface area contributed by atoms with E-state index in [1.807, 2.05) is 12.1 Å². The Labute approximate surface area is 122 Å². The molecule has 2 heterocycles. The van der Waals surface area contributed by atoms with Crippen LogP contribution in [-0.4, -0.2) is 47.1 Å². The van der Waals surface area contributed by atoms with Crippen molar-refractivity contribution in [2.75, 3.05) is 26.2 Å². The second-order valence-electron chi connectivity index (χ2n) is 6.30. The van der Waals surface area contributed by atoms with E-state index in [0.29, 0.717) is 11.8 Å². The molecule has 3 nitrogen and oxygen atoms in total. The highest BCUT2D eigenvalue weighted by atomic mass is 16.3. The van der Waals surface area contributed by atoms with Crippen LogP contribution in [0, 0.1) is 0 Å². The lowest BCUT2D eigenvalue weighted by Crippen LogP contribution is -2.45. The minimum Gasteiger partial charge on any atom is -0.508 e. The Balaban J connectivity index is 1.62. The first-order valence-electron chi connectivity index (χ1n) is 8.05. The van der Waals surface area contributed by atoms with E-state index in [-0.39, 0.29) is 0 Å². The van der Waals surface area contributed by atoms with Crippen LogP contribution in [0.5, 0.6) is 5.75 Å². The zero-order valence-corrected chi connectivity index (χ0v) is 12.3. The summed E-state index contributed by atoms with van der Waals surface area (Å²) >= 11 is 0. The van der Waals surface area contributed by atoms with E-state index in [2.05, 4.69) is 15.9 Å². The molecule has 3 rings (SSSR count). The van der Waals surface area contributed by atoms with Gasteiger partial charge in [0.25, 0.3) is 0 Å². The minimum atomic E-state index is 0.385. The molecule has 2 aliphatic rings. The number of rotatable bonds is 4. The summed E-state index contributed by atoms with van der Waals surface area (Å²) in [7, 11) is 0. The highest BCUT2D eigenvalue weighted by Gasteiger charge is 2.25. The number of likely N-dealkylation sites (tertiary alicyclic amines) is 2. The van der Waals surface area contributed by atoms with Crippen molar-refractivity contribution < 1.29 is 5.11 Å². The fourth-order valence-electron chi connectivity index (χ4n) is 3.63.